The van der Waals surface area contributed by atoms with Crippen LogP contribution in [0, 0.1) is 11.3 Å². The maximum Gasteiger partial charge on any atom is 0.408 e. The van der Waals surface area contributed by atoms with Gasteiger partial charge in [0.2, 0.25) is 10.0 Å². The number of hydrogen-bond acceptors (Lipinski definition) is 9. The molecule has 0 aliphatic carbocycles. The van der Waals surface area contributed by atoms with Crippen molar-refractivity contribution in [2.45, 2.75) is 76.1 Å². The zero-order valence-electron chi connectivity index (χ0n) is 27.0. The summed E-state index contributed by atoms with van der Waals surface area (Å²) in [5.41, 5.74) is 0.977. The Morgan fingerprint density at radius 3 is 2.57 bits per heavy atom. The second-order valence-corrected chi connectivity index (χ2v) is 14.3. The number of ether oxygens (including phenoxy) is 4. The van der Waals surface area contributed by atoms with Gasteiger partial charge >= 0.3 is 12.1 Å². The maximum atomic E-state index is 14.4. The van der Waals surface area contributed by atoms with Crippen LogP contribution in [0.3, 0.4) is 0 Å². The number of benzene rings is 2. The third-order valence-electron chi connectivity index (χ3n) is 8.30. The van der Waals surface area contributed by atoms with Gasteiger partial charge in [-0.15, -0.1) is 0 Å². The fraction of sp³-hybridized carbons (Fsp3) is 0.562. The third-order valence-corrected chi connectivity index (χ3v) is 10.1. The van der Waals surface area contributed by atoms with Crippen LogP contribution in [-0.4, -0.2) is 88.5 Å². The van der Waals surface area contributed by atoms with Crippen LogP contribution in [-0.2, 0) is 37.2 Å². The van der Waals surface area contributed by atoms with Crippen molar-refractivity contribution in [2.75, 3.05) is 33.9 Å². The van der Waals surface area contributed by atoms with Crippen molar-refractivity contribution in [1.82, 2.24) is 20.3 Å². The first kappa shape index (κ1) is 35.4. The fourth-order valence-electron chi connectivity index (χ4n) is 5.76. The molecule has 0 aromatic heterocycles. The molecule has 254 valence electrons. The van der Waals surface area contributed by atoms with Crippen LogP contribution in [0.1, 0.15) is 44.7 Å². The lowest BCUT2D eigenvalue weighted by atomic mass is 9.82. The first-order valence-electron chi connectivity index (χ1n) is 15.4. The molecule has 46 heavy (non-hydrogen) atoms. The number of fused-ring (bicyclic) bond motifs is 1. The zero-order valence-corrected chi connectivity index (χ0v) is 27.8. The number of aliphatic hydroxyl groups is 1. The highest BCUT2D eigenvalue weighted by molar-refractivity contribution is 7.89. The third kappa shape index (κ3) is 8.88. The summed E-state index contributed by atoms with van der Waals surface area (Å²) in [6.07, 6.45) is -2.78. The number of amides is 3. The predicted octanol–water partition coefficient (Wildman–Crippen LogP) is 2.97. The minimum absolute atomic E-state index is 0.0329. The van der Waals surface area contributed by atoms with E-state index in [2.05, 4.69) is 16.0 Å². The van der Waals surface area contributed by atoms with Crippen molar-refractivity contribution in [1.29, 1.82) is 0 Å². The Morgan fingerprint density at radius 1 is 1.15 bits per heavy atom. The Bertz CT molecular complexity index is 1440. The summed E-state index contributed by atoms with van der Waals surface area (Å²) < 4.78 is 52.3. The number of aliphatic hydroxyl groups excluding tert-OH is 1. The van der Waals surface area contributed by atoms with E-state index < -0.39 is 40.8 Å². The van der Waals surface area contributed by atoms with Crippen LogP contribution in [0.15, 0.2) is 53.4 Å². The Labute approximate surface area is 271 Å². The molecule has 0 spiro atoms. The molecule has 0 radical (unpaired) electrons. The number of urea groups is 1. The molecular formula is C32H46N4O9S. The van der Waals surface area contributed by atoms with Gasteiger partial charge in [-0.25, -0.2) is 18.0 Å². The molecule has 2 aromatic carbocycles. The van der Waals surface area contributed by atoms with E-state index in [1.54, 1.807) is 43.4 Å². The summed E-state index contributed by atoms with van der Waals surface area (Å²) in [4.78, 5) is 24.8. The molecule has 4 N–H and O–H groups in total. The smallest absolute Gasteiger partial charge is 0.408 e. The van der Waals surface area contributed by atoms with E-state index in [4.69, 9.17) is 18.9 Å². The van der Waals surface area contributed by atoms with Crippen molar-refractivity contribution < 1.29 is 42.1 Å². The predicted molar refractivity (Wildman–Crippen MR) is 169 cm³/mol. The minimum Gasteiger partial charge on any atom is -0.496 e. The van der Waals surface area contributed by atoms with Crippen LogP contribution in [0.5, 0.6) is 5.75 Å². The van der Waals surface area contributed by atoms with E-state index in [1.165, 1.54) is 20.1 Å². The van der Waals surface area contributed by atoms with Gasteiger partial charge in [-0.3, -0.25) is 0 Å². The highest BCUT2D eigenvalue weighted by Crippen LogP contribution is 2.35. The van der Waals surface area contributed by atoms with Crippen molar-refractivity contribution in [2.24, 2.45) is 11.3 Å². The monoisotopic (exact) mass is 662 g/mol. The van der Waals surface area contributed by atoms with Crippen molar-refractivity contribution >= 4 is 22.1 Å². The first-order valence-corrected chi connectivity index (χ1v) is 16.9. The second-order valence-electron chi connectivity index (χ2n) is 12.4. The van der Waals surface area contributed by atoms with Gasteiger partial charge in [0.25, 0.3) is 0 Å². The summed E-state index contributed by atoms with van der Waals surface area (Å²) in [5, 5.41) is 18.8. The molecule has 3 amide bonds. The number of alkyl carbamates (subject to hydrolysis) is 1. The molecule has 0 bridgehead atoms. The molecule has 2 heterocycles. The van der Waals surface area contributed by atoms with Crippen LogP contribution in [0.25, 0.3) is 0 Å². The van der Waals surface area contributed by atoms with Gasteiger partial charge in [-0.05, 0) is 60.9 Å². The molecule has 2 aliphatic heterocycles. The van der Waals surface area contributed by atoms with Crippen LogP contribution in [0.2, 0.25) is 0 Å². The number of nitrogens with zero attached hydrogens (tertiary/aromatic N) is 1. The highest BCUT2D eigenvalue weighted by atomic mass is 32.2. The summed E-state index contributed by atoms with van der Waals surface area (Å²) in [6.45, 7) is 6.42. The molecule has 2 aliphatic rings. The normalized spacial score (nSPS) is 20.9. The minimum atomic E-state index is -4.33. The van der Waals surface area contributed by atoms with Crippen LogP contribution < -0.4 is 20.7 Å². The number of methoxy groups -OCH3 is 1. The van der Waals surface area contributed by atoms with Gasteiger partial charge in [-0.1, -0.05) is 44.2 Å². The molecular weight excluding hydrogens is 616 g/mol. The molecule has 5 atom stereocenters. The molecule has 0 saturated carbocycles. The van der Waals surface area contributed by atoms with Gasteiger partial charge in [0.15, 0.2) is 6.29 Å². The second kappa shape index (κ2) is 15.4. The lowest BCUT2D eigenvalue weighted by molar-refractivity contribution is -0.0907. The van der Waals surface area contributed by atoms with E-state index >= 15 is 0 Å². The number of carbonyl (C=O) groups is 2. The Morgan fingerprint density at radius 2 is 1.89 bits per heavy atom. The first-order chi connectivity index (χ1) is 21.8. The average Bonchev–Trinajstić information content (AvgIpc) is 3.64. The maximum absolute atomic E-state index is 14.4. The topological polar surface area (TPSA) is 165 Å². The van der Waals surface area contributed by atoms with Gasteiger partial charge in [0.1, 0.15) is 18.0 Å². The van der Waals surface area contributed by atoms with E-state index in [0.29, 0.717) is 49.3 Å². The number of hydrogen-bond donors (Lipinski definition) is 4. The quantitative estimate of drug-likeness (QED) is 0.223. The van der Waals surface area contributed by atoms with E-state index in [1.807, 2.05) is 19.9 Å². The lowest BCUT2D eigenvalue weighted by Crippen LogP contribution is -2.56. The standard InChI is InChI=1S/C32H46N4O9S/c1-21(37)28(35-31(39)45-27-20-44-29-25(27)13-16-43-29)36(19-22-9-7-6-8-10-22)46(40,41)24-11-12-26(42-5)23(17-24)18-32(2,3)14-15-34-30(38)33-4/h6-12,17,21,25,27-29,37H,13-16,18-20H2,1-5H3,(H,35,39)(H2,33,34,38)/t21-,25+,27+,28+,29-/m1/s1. The summed E-state index contributed by atoms with van der Waals surface area (Å²) in [7, 11) is -1.27. The number of sulfonamides is 1. The summed E-state index contributed by atoms with van der Waals surface area (Å²) in [5.74, 6) is 0.407. The Hall–Kier alpha value is -3.43. The molecule has 2 aromatic rings. The molecule has 2 saturated heterocycles. The number of nitrogens with one attached hydrogen (secondary N) is 3. The van der Waals surface area contributed by atoms with Gasteiger partial charge in [0.05, 0.1) is 37.2 Å². The van der Waals surface area contributed by atoms with Crippen molar-refractivity contribution in [3.05, 3.63) is 59.7 Å². The molecule has 0 unspecified atom stereocenters. The SMILES string of the molecule is CNC(=O)NCCC(C)(C)Cc1cc(S(=O)(=O)N(Cc2ccccc2)[C@H](NC(=O)O[C@H]2CO[C@H]3OCC[C@H]32)[C@@H](C)O)ccc1OC. The summed E-state index contributed by atoms with van der Waals surface area (Å²) >= 11 is 0. The fourth-order valence-corrected chi connectivity index (χ4v) is 7.41. The Balaban J connectivity index is 1.62. The Kier molecular flexibility index (Phi) is 11.9. The molecule has 14 heteroatoms. The highest BCUT2D eigenvalue weighted by Gasteiger charge is 2.44. The van der Waals surface area contributed by atoms with Gasteiger partial charge < -0.3 is 40.0 Å². The number of carbonyl (C=O) groups excluding carboxylic acids is 2. The molecule has 4 rings (SSSR count). The van der Waals surface area contributed by atoms with Gasteiger partial charge in [-0.2, -0.15) is 4.31 Å². The van der Waals surface area contributed by atoms with Crippen molar-refractivity contribution in [3.8, 4) is 5.75 Å². The molecule has 13 nitrogen and oxygen atoms in total. The van der Waals surface area contributed by atoms with Crippen molar-refractivity contribution in [3.63, 3.8) is 0 Å². The van der Waals surface area contributed by atoms with Gasteiger partial charge in [0, 0.05) is 20.1 Å². The zero-order chi connectivity index (χ0) is 33.5. The number of rotatable bonds is 14. The average molecular weight is 663 g/mol. The molecule has 2 fully saturated rings. The van der Waals surface area contributed by atoms with E-state index in [-0.39, 0.29) is 35.4 Å². The van der Waals surface area contributed by atoms with Crippen LogP contribution >= 0.6 is 0 Å². The summed E-state index contributed by atoms with van der Waals surface area (Å²) in [6, 6.07) is 13.2. The van der Waals surface area contributed by atoms with E-state index in [0.717, 1.165) is 4.31 Å². The lowest BCUT2D eigenvalue weighted by Gasteiger charge is -2.34. The van der Waals surface area contributed by atoms with E-state index in [9.17, 15) is 23.1 Å². The largest absolute Gasteiger partial charge is 0.496 e. The van der Waals surface area contributed by atoms with Crippen LogP contribution in [0.4, 0.5) is 9.59 Å².